The maximum Gasteiger partial charge on any atom is 0.258 e. The van der Waals surface area contributed by atoms with Gasteiger partial charge in [-0.1, -0.05) is 42.5 Å². The highest BCUT2D eigenvalue weighted by atomic mass is 16.5. The van der Waals surface area contributed by atoms with Crippen molar-refractivity contribution >= 4 is 5.91 Å². The van der Waals surface area contributed by atoms with E-state index in [-0.39, 0.29) is 12.5 Å². The molecule has 0 unspecified atom stereocenters. The van der Waals surface area contributed by atoms with E-state index in [1.807, 2.05) is 62.4 Å². The van der Waals surface area contributed by atoms with E-state index in [1.54, 1.807) is 0 Å². The molecular weight excluding hydrogens is 250 g/mol. The van der Waals surface area contributed by atoms with E-state index in [9.17, 15) is 4.79 Å². The van der Waals surface area contributed by atoms with E-state index >= 15 is 0 Å². The molecule has 2 aromatic rings. The highest BCUT2D eigenvalue weighted by Gasteiger charge is 2.05. The van der Waals surface area contributed by atoms with Crippen LogP contribution in [-0.2, 0) is 11.3 Å². The zero-order chi connectivity index (χ0) is 14.4. The quantitative estimate of drug-likeness (QED) is 0.906. The van der Waals surface area contributed by atoms with Gasteiger partial charge in [0, 0.05) is 6.54 Å². The minimum absolute atomic E-state index is 0.0388. The molecule has 0 aromatic heterocycles. The van der Waals surface area contributed by atoms with Gasteiger partial charge in [-0.05, 0) is 36.6 Å². The lowest BCUT2D eigenvalue weighted by Gasteiger charge is -2.10. The predicted octanol–water partition coefficient (Wildman–Crippen LogP) is 3.00. The number of carbonyl (C=O) groups excluding carboxylic acids is 1. The van der Waals surface area contributed by atoms with Crippen molar-refractivity contribution in [2.24, 2.45) is 0 Å². The highest BCUT2D eigenvalue weighted by Crippen LogP contribution is 2.18. The van der Waals surface area contributed by atoms with Crippen LogP contribution < -0.4 is 10.1 Å². The van der Waals surface area contributed by atoms with Crippen LogP contribution >= 0.6 is 0 Å². The van der Waals surface area contributed by atoms with Crippen molar-refractivity contribution < 1.29 is 9.53 Å². The number of amides is 1. The second-order valence-electron chi connectivity index (χ2n) is 4.82. The van der Waals surface area contributed by atoms with Crippen LogP contribution in [0.2, 0.25) is 0 Å². The van der Waals surface area contributed by atoms with Crippen LogP contribution in [0.1, 0.15) is 16.7 Å². The smallest absolute Gasteiger partial charge is 0.258 e. The molecule has 1 amide bonds. The lowest BCUT2D eigenvalue weighted by molar-refractivity contribution is -0.123. The van der Waals surface area contributed by atoms with Crippen LogP contribution in [0.3, 0.4) is 0 Å². The number of hydrogen-bond donors (Lipinski definition) is 1. The largest absolute Gasteiger partial charge is 0.483 e. The summed E-state index contributed by atoms with van der Waals surface area (Å²) in [5.41, 5.74) is 3.23. The van der Waals surface area contributed by atoms with Gasteiger partial charge in [-0.25, -0.2) is 0 Å². The number of hydrogen-bond acceptors (Lipinski definition) is 2. The minimum Gasteiger partial charge on any atom is -0.483 e. The first-order chi connectivity index (χ1) is 9.65. The van der Waals surface area contributed by atoms with Gasteiger partial charge in [-0.2, -0.15) is 0 Å². The summed E-state index contributed by atoms with van der Waals surface area (Å²) >= 11 is 0. The molecule has 0 atom stereocenters. The van der Waals surface area contributed by atoms with E-state index in [1.165, 1.54) is 0 Å². The maximum atomic E-state index is 11.7. The SMILES string of the molecule is Cc1ccc(C)c(OCC(=O)NCc2ccccc2)c1. The fraction of sp³-hybridized carbons (Fsp3) is 0.235. The summed E-state index contributed by atoms with van der Waals surface area (Å²) < 4.78 is 5.56. The summed E-state index contributed by atoms with van der Waals surface area (Å²) in [6, 6.07) is 15.8. The van der Waals surface area contributed by atoms with Crippen molar-refractivity contribution in [3.8, 4) is 5.75 Å². The van der Waals surface area contributed by atoms with E-state index in [2.05, 4.69) is 5.32 Å². The van der Waals surface area contributed by atoms with Gasteiger partial charge in [0.05, 0.1) is 0 Å². The van der Waals surface area contributed by atoms with Crippen LogP contribution in [-0.4, -0.2) is 12.5 Å². The molecule has 104 valence electrons. The molecule has 20 heavy (non-hydrogen) atoms. The van der Waals surface area contributed by atoms with Crippen LogP contribution in [0.25, 0.3) is 0 Å². The van der Waals surface area contributed by atoms with Gasteiger partial charge in [-0.3, -0.25) is 4.79 Å². The summed E-state index contributed by atoms with van der Waals surface area (Å²) in [6.07, 6.45) is 0. The Hall–Kier alpha value is -2.29. The lowest BCUT2D eigenvalue weighted by Crippen LogP contribution is -2.28. The Morgan fingerprint density at radius 3 is 2.60 bits per heavy atom. The number of carbonyl (C=O) groups is 1. The van der Waals surface area contributed by atoms with E-state index in [0.29, 0.717) is 6.54 Å². The van der Waals surface area contributed by atoms with E-state index < -0.39 is 0 Å². The van der Waals surface area contributed by atoms with Crippen molar-refractivity contribution in [3.05, 3.63) is 65.2 Å². The molecule has 0 saturated carbocycles. The molecular formula is C17H19NO2. The molecule has 0 radical (unpaired) electrons. The molecule has 2 aromatic carbocycles. The third-order valence-electron chi connectivity index (χ3n) is 3.03. The van der Waals surface area contributed by atoms with E-state index in [4.69, 9.17) is 4.74 Å². The summed E-state index contributed by atoms with van der Waals surface area (Å²) in [7, 11) is 0. The van der Waals surface area contributed by atoms with Crippen molar-refractivity contribution in [2.45, 2.75) is 20.4 Å². The van der Waals surface area contributed by atoms with Crippen molar-refractivity contribution in [3.63, 3.8) is 0 Å². The van der Waals surface area contributed by atoms with Gasteiger partial charge in [0.25, 0.3) is 5.91 Å². The lowest BCUT2D eigenvalue weighted by atomic mass is 10.1. The van der Waals surface area contributed by atoms with Gasteiger partial charge in [-0.15, -0.1) is 0 Å². The molecule has 0 saturated heterocycles. The zero-order valence-corrected chi connectivity index (χ0v) is 11.8. The Bertz CT molecular complexity index is 579. The minimum atomic E-state index is -0.116. The first-order valence-electron chi connectivity index (χ1n) is 6.66. The first kappa shape index (κ1) is 14.1. The Labute approximate surface area is 119 Å². The molecule has 3 heteroatoms. The van der Waals surface area contributed by atoms with Crippen LogP contribution in [0.4, 0.5) is 0 Å². The highest BCUT2D eigenvalue weighted by molar-refractivity contribution is 5.77. The number of benzene rings is 2. The van der Waals surface area contributed by atoms with Crippen LogP contribution in [0.15, 0.2) is 48.5 Å². The second kappa shape index (κ2) is 6.75. The summed E-state index contributed by atoms with van der Waals surface area (Å²) in [5, 5.41) is 2.84. The molecule has 0 bridgehead atoms. The molecule has 0 aliphatic heterocycles. The first-order valence-corrected chi connectivity index (χ1v) is 6.66. The predicted molar refractivity (Wildman–Crippen MR) is 79.7 cm³/mol. The van der Waals surface area contributed by atoms with Crippen LogP contribution in [0, 0.1) is 13.8 Å². The zero-order valence-electron chi connectivity index (χ0n) is 11.8. The van der Waals surface area contributed by atoms with Gasteiger partial charge in [0.15, 0.2) is 6.61 Å². The summed E-state index contributed by atoms with van der Waals surface area (Å²) in [4.78, 5) is 11.7. The molecule has 1 N–H and O–H groups in total. The fourth-order valence-electron chi connectivity index (χ4n) is 1.85. The van der Waals surface area contributed by atoms with E-state index in [0.717, 1.165) is 22.4 Å². The Morgan fingerprint density at radius 1 is 1.10 bits per heavy atom. The molecule has 0 heterocycles. The Kier molecular flexibility index (Phi) is 4.77. The molecule has 0 aliphatic carbocycles. The molecule has 2 rings (SSSR count). The average Bonchev–Trinajstić information content (AvgIpc) is 2.47. The van der Waals surface area contributed by atoms with Crippen molar-refractivity contribution in [2.75, 3.05) is 6.61 Å². The van der Waals surface area contributed by atoms with Gasteiger partial charge in [0.2, 0.25) is 0 Å². The third-order valence-corrected chi connectivity index (χ3v) is 3.03. The number of ether oxygens (including phenoxy) is 1. The number of rotatable bonds is 5. The standard InChI is InChI=1S/C17H19NO2/c1-13-8-9-14(2)16(10-13)20-12-17(19)18-11-15-6-4-3-5-7-15/h3-10H,11-12H2,1-2H3,(H,18,19). The van der Waals surface area contributed by atoms with Gasteiger partial charge >= 0.3 is 0 Å². The normalized spacial score (nSPS) is 10.1. The van der Waals surface area contributed by atoms with Crippen molar-refractivity contribution in [1.29, 1.82) is 0 Å². The summed E-state index contributed by atoms with van der Waals surface area (Å²) in [5.74, 6) is 0.648. The topological polar surface area (TPSA) is 38.3 Å². The molecule has 0 aliphatic rings. The maximum absolute atomic E-state index is 11.7. The number of aryl methyl sites for hydroxylation is 2. The molecule has 3 nitrogen and oxygen atoms in total. The molecule has 0 spiro atoms. The Balaban J connectivity index is 1.82. The van der Waals surface area contributed by atoms with Gasteiger partial charge < -0.3 is 10.1 Å². The van der Waals surface area contributed by atoms with Gasteiger partial charge in [0.1, 0.15) is 5.75 Å². The third kappa shape index (κ3) is 4.12. The van der Waals surface area contributed by atoms with Crippen LogP contribution in [0.5, 0.6) is 5.75 Å². The average molecular weight is 269 g/mol. The van der Waals surface area contributed by atoms with Crippen molar-refractivity contribution in [1.82, 2.24) is 5.32 Å². The monoisotopic (exact) mass is 269 g/mol. The number of nitrogens with one attached hydrogen (secondary N) is 1. The molecule has 0 fully saturated rings. The second-order valence-corrected chi connectivity index (χ2v) is 4.82. The fourth-order valence-corrected chi connectivity index (χ4v) is 1.85. The Morgan fingerprint density at radius 2 is 1.85 bits per heavy atom. The summed E-state index contributed by atoms with van der Waals surface area (Å²) in [6.45, 7) is 4.53.